The summed E-state index contributed by atoms with van der Waals surface area (Å²) in [6.07, 6.45) is 6.89. The van der Waals surface area contributed by atoms with Crippen molar-refractivity contribution in [1.82, 2.24) is 35.6 Å². The van der Waals surface area contributed by atoms with Crippen LogP contribution in [0, 0.1) is 11.8 Å². The van der Waals surface area contributed by atoms with Gasteiger partial charge in [-0.2, -0.15) is 5.10 Å². The molecule has 4 N–H and O–H groups in total. The van der Waals surface area contributed by atoms with Crippen LogP contribution in [0.1, 0.15) is 67.7 Å². The third-order valence-corrected chi connectivity index (χ3v) is 8.95. The van der Waals surface area contributed by atoms with E-state index < -0.39 is 17.5 Å². The number of likely N-dealkylation sites (N-methyl/N-ethyl adjacent to an activating group) is 1. The van der Waals surface area contributed by atoms with Crippen LogP contribution >= 0.6 is 0 Å². The number of fused-ring (bicyclic) bond motifs is 1. The molecule has 3 atom stereocenters. The van der Waals surface area contributed by atoms with Gasteiger partial charge in [-0.1, -0.05) is 39.2 Å². The minimum atomic E-state index is -1.04. The van der Waals surface area contributed by atoms with E-state index in [-0.39, 0.29) is 41.5 Å². The topological polar surface area (TPSA) is 150 Å². The maximum Gasteiger partial charge on any atom is 0.318 e. The first-order valence-electron chi connectivity index (χ1n) is 14.5. The number of nitrogens with one attached hydrogen (secondary N) is 4. The van der Waals surface area contributed by atoms with Crippen molar-refractivity contribution in [1.29, 1.82) is 0 Å². The molecule has 1 unspecified atom stereocenters. The van der Waals surface area contributed by atoms with Crippen molar-refractivity contribution >= 4 is 29.4 Å². The molecule has 41 heavy (non-hydrogen) atoms. The van der Waals surface area contributed by atoms with E-state index in [0.29, 0.717) is 25.1 Å². The molecule has 1 aromatic heterocycles. The number of anilines is 1. The van der Waals surface area contributed by atoms with Crippen LogP contribution in [-0.2, 0) is 29.5 Å². The summed E-state index contributed by atoms with van der Waals surface area (Å²) >= 11 is 0. The summed E-state index contributed by atoms with van der Waals surface area (Å²) < 4.78 is 1.38. The zero-order valence-electron chi connectivity index (χ0n) is 24.2. The second kappa shape index (κ2) is 11.5. The second-order valence-corrected chi connectivity index (χ2v) is 11.9. The van der Waals surface area contributed by atoms with Crippen LogP contribution in [0.4, 0.5) is 10.5 Å². The van der Waals surface area contributed by atoms with Gasteiger partial charge in [-0.3, -0.25) is 14.4 Å². The number of benzene rings is 1. The van der Waals surface area contributed by atoms with Gasteiger partial charge >= 0.3 is 6.03 Å². The van der Waals surface area contributed by atoms with Crippen molar-refractivity contribution in [3.05, 3.63) is 41.5 Å². The molecule has 2 fully saturated rings. The number of urea groups is 1. The van der Waals surface area contributed by atoms with Gasteiger partial charge in [-0.25, -0.2) is 14.5 Å². The molecule has 2 heterocycles. The first kappa shape index (κ1) is 28.6. The van der Waals surface area contributed by atoms with Crippen LogP contribution in [0.15, 0.2) is 24.5 Å². The van der Waals surface area contributed by atoms with Gasteiger partial charge in [0, 0.05) is 39.2 Å². The number of rotatable bonds is 8. The van der Waals surface area contributed by atoms with E-state index in [1.54, 1.807) is 19.0 Å². The quantitative estimate of drug-likeness (QED) is 0.384. The lowest BCUT2D eigenvalue weighted by Gasteiger charge is -2.36. The number of hydrogen-bond acceptors (Lipinski definition) is 6. The van der Waals surface area contributed by atoms with Crippen molar-refractivity contribution in [3.8, 4) is 0 Å². The zero-order valence-corrected chi connectivity index (χ0v) is 24.2. The van der Waals surface area contributed by atoms with Crippen molar-refractivity contribution in [2.45, 2.75) is 76.4 Å². The van der Waals surface area contributed by atoms with E-state index >= 15 is 0 Å². The van der Waals surface area contributed by atoms with E-state index in [2.05, 4.69) is 45.2 Å². The van der Waals surface area contributed by atoms with Gasteiger partial charge in [0.25, 0.3) is 5.91 Å². The number of nitrogens with zero attached hydrogens (tertiary/aromatic N) is 4. The van der Waals surface area contributed by atoms with Gasteiger partial charge in [-0.15, -0.1) is 0 Å². The first-order chi connectivity index (χ1) is 19.6. The predicted octanol–water partition coefficient (Wildman–Crippen LogP) is 1.77. The molecule has 12 heteroatoms. The van der Waals surface area contributed by atoms with Crippen molar-refractivity contribution < 1.29 is 19.2 Å². The molecule has 0 spiro atoms. The minimum Gasteiger partial charge on any atom is -0.357 e. The standard InChI is InChI=1S/C29H40N8O4/c1-17(2)22-15-37(28(41)34-22)29(27(40)30-3)13-19-10-11-21(12-20(19)14-29)33-25(38)23(18-8-6-5-7-9-18)35-26(39)24-31-16-32-36(24)4/h10-12,16-18,22-23H,5-9,13-15H2,1-4H3,(H,30,40)(H,33,38)(H,34,41)(H,35,39)/t22-,23-,29?/m0/s1. The Morgan fingerprint density at radius 3 is 2.46 bits per heavy atom. The Morgan fingerprint density at radius 2 is 1.83 bits per heavy atom. The Kier molecular flexibility index (Phi) is 8.01. The lowest BCUT2D eigenvalue weighted by Crippen LogP contribution is -2.60. The Bertz CT molecular complexity index is 1330. The SMILES string of the molecule is CNC(=O)C1(N2C[C@@H](C(C)C)NC2=O)Cc2ccc(NC(=O)[C@@H](NC(=O)c3ncnn3C)C3CCCCC3)cc2C1. The molecule has 1 aliphatic heterocycles. The van der Waals surface area contributed by atoms with E-state index in [1.807, 2.05) is 18.2 Å². The Balaban J connectivity index is 1.36. The summed E-state index contributed by atoms with van der Waals surface area (Å²) in [5.74, 6) is -0.540. The fourth-order valence-electron chi connectivity index (χ4n) is 6.54. The number of aryl methyl sites for hydroxylation is 1. The largest absolute Gasteiger partial charge is 0.357 e. The maximum absolute atomic E-state index is 13.6. The zero-order chi connectivity index (χ0) is 29.3. The summed E-state index contributed by atoms with van der Waals surface area (Å²) in [5.41, 5.74) is 1.42. The van der Waals surface area contributed by atoms with E-state index in [0.717, 1.165) is 43.2 Å². The molecule has 2 aromatic rings. The second-order valence-electron chi connectivity index (χ2n) is 11.9. The summed E-state index contributed by atoms with van der Waals surface area (Å²) in [7, 11) is 3.23. The van der Waals surface area contributed by atoms with Gasteiger partial charge in [-0.05, 0) is 47.9 Å². The van der Waals surface area contributed by atoms with Crippen molar-refractivity contribution in [2.24, 2.45) is 18.9 Å². The summed E-state index contributed by atoms with van der Waals surface area (Å²) in [6, 6.07) is 4.63. The highest BCUT2D eigenvalue weighted by Crippen LogP contribution is 2.38. The first-order valence-corrected chi connectivity index (χ1v) is 14.5. The highest BCUT2D eigenvalue weighted by molar-refractivity contribution is 6.00. The summed E-state index contributed by atoms with van der Waals surface area (Å²) in [4.78, 5) is 58.7. The van der Waals surface area contributed by atoms with E-state index in [4.69, 9.17) is 0 Å². The molecule has 3 aliphatic rings. The maximum atomic E-state index is 13.6. The van der Waals surface area contributed by atoms with Crippen molar-refractivity contribution in [2.75, 3.05) is 18.9 Å². The molecule has 0 radical (unpaired) electrons. The lowest BCUT2D eigenvalue weighted by atomic mass is 9.83. The number of aromatic nitrogens is 3. The molecule has 220 valence electrons. The molecular weight excluding hydrogens is 524 g/mol. The molecule has 1 saturated carbocycles. The van der Waals surface area contributed by atoms with E-state index in [1.165, 1.54) is 11.0 Å². The van der Waals surface area contributed by atoms with Crippen LogP contribution in [0.3, 0.4) is 0 Å². The fraction of sp³-hybridized carbons (Fsp3) is 0.586. The summed E-state index contributed by atoms with van der Waals surface area (Å²) in [6.45, 7) is 4.56. The smallest absolute Gasteiger partial charge is 0.318 e. The molecular formula is C29H40N8O4. The number of hydrogen-bond donors (Lipinski definition) is 4. The van der Waals surface area contributed by atoms with Gasteiger partial charge in [0.15, 0.2) is 0 Å². The Labute approximate surface area is 240 Å². The average Bonchev–Trinajstić information content (AvgIpc) is 3.68. The van der Waals surface area contributed by atoms with Crippen LogP contribution in [0.2, 0.25) is 0 Å². The van der Waals surface area contributed by atoms with Crippen molar-refractivity contribution in [3.63, 3.8) is 0 Å². The molecule has 0 bridgehead atoms. The van der Waals surface area contributed by atoms with Crippen LogP contribution < -0.4 is 21.3 Å². The molecule has 5 rings (SSSR count). The fourth-order valence-corrected chi connectivity index (χ4v) is 6.54. The third kappa shape index (κ3) is 5.51. The lowest BCUT2D eigenvalue weighted by molar-refractivity contribution is -0.130. The van der Waals surface area contributed by atoms with Gasteiger partial charge in [0.2, 0.25) is 17.6 Å². The molecule has 5 amide bonds. The molecule has 1 aromatic carbocycles. The van der Waals surface area contributed by atoms with Gasteiger partial charge < -0.3 is 26.2 Å². The summed E-state index contributed by atoms with van der Waals surface area (Å²) in [5, 5.41) is 15.7. The molecule has 12 nitrogen and oxygen atoms in total. The minimum absolute atomic E-state index is 0.0128. The average molecular weight is 565 g/mol. The highest BCUT2D eigenvalue weighted by Gasteiger charge is 2.53. The normalized spacial score (nSPS) is 23.2. The van der Waals surface area contributed by atoms with Crippen LogP contribution in [0.25, 0.3) is 0 Å². The van der Waals surface area contributed by atoms with Crippen LogP contribution in [-0.4, -0.2) is 74.6 Å². The van der Waals surface area contributed by atoms with E-state index in [9.17, 15) is 19.2 Å². The van der Waals surface area contributed by atoms with Crippen LogP contribution in [0.5, 0.6) is 0 Å². The monoisotopic (exact) mass is 564 g/mol. The Hall–Kier alpha value is -3.96. The number of amides is 5. The number of carbonyl (C=O) groups is 4. The molecule has 1 saturated heterocycles. The van der Waals surface area contributed by atoms with Gasteiger partial charge in [0.1, 0.15) is 17.9 Å². The Morgan fingerprint density at radius 1 is 1.10 bits per heavy atom. The van der Waals surface area contributed by atoms with Gasteiger partial charge in [0.05, 0.1) is 6.04 Å². The predicted molar refractivity (Wildman–Crippen MR) is 152 cm³/mol. The number of carbonyl (C=O) groups excluding carboxylic acids is 4. The molecule has 2 aliphatic carbocycles. The third-order valence-electron chi connectivity index (χ3n) is 8.95. The highest BCUT2D eigenvalue weighted by atomic mass is 16.2.